The molecule has 6 rings (SSSR count). The third-order valence-electron chi connectivity index (χ3n) is 6.33. The average molecular weight is 531 g/mol. The predicted molar refractivity (Wildman–Crippen MR) is 155 cm³/mol. The van der Waals surface area contributed by atoms with E-state index >= 15 is 0 Å². The van der Waals surface area contributed by atoms with Crippen molar-refractivity contribution >= 4 is 82.0 Å². The van der Waals surface area contributed by atoms with E-state index in [0.29, 0.717) is 0 Å². The van der Waals surface area contributed by atoms with Gasteiger partial charge in [0.1, 0.15) is 11.5 Å². The van der Waals surface area contributed by atoms with Crippen molar-refractivity contribution in [1.29, 1.82) is 0 Å². The van der Waals surface area contributed by atoms with Crippen LogP contribution in [0.1, 0.15) is 19.4 Å². The number of hydrogen-bond acceptors (Lipinski definition) is 6. The van der Waals surface area contributed by atoms with Crippen LogP contribution in [0.25, 0.3) is 48.0 Å². The number of carbonyl (C=O) groups is 2. The summed E-state index contributed by atoms with van der Waals surface area (Å²) >= 11 is 1.79. The van der Waals surface area contributed by atoms with Gasteiger partial charge in [-0.05, 0) is 57.8 Å². The van der Waals surface area contributed by atoms with E-state index in [9.17, 15) is 9.59 Å². The fourth-order valence-electron chi connectivity index (χ4n) is 4.62. The summed E-state index contributed by atoms with van der Waals surface area (Å²) in [6, 6.07) is 19.5. The van der Waals surface area contributed by atoms with E-state index in [1.165, 1.54) is 20.2 Å². The fraction of sp³-hybridized carbons (Fsp3) is 0.148. The molecule has 3 unspecified atom stereocenters. The van der Waals surface area contributed by atoms with Crippen LogP contribution in [-0.4, -0.2) is 26.5 Å². The van der Waals surface area contributed by atoms with Crippen LogP contribution in [-0.2, 0) is 16.6 Å². The number of imidazole rings is 1. The number of nitrogens with one attached hydrogen (secondary N) is 2. The van der Waals surface area contributed by atoms with Gasteiger partial charge in [-0.25, -0.2) is 4.98 Å². The number of benzene rings is 3. The number of thiophene rings is 1. The minimum Gasteiger partial charge on any atom is -0.366 e. The standard InChI is InChI=1S/C27H24N4O2P2S/c1-14(32)34-26-28-13-22(29-26)18-5-8-20-19-7-4-17(11-24(19)36-25(20)12-18)16-6-9-21-23(10-16)31(3)27(30-21)35-15(2)33/h4-13,26,28-29,34-35H,1-3H3. The van der Waals surface area contributed by atoms with Crippen LogP contribution < -0.4 is 16.2 Å². The summed E-state index contributed by atoms with van der Waals surface area (Å²) < 4.78 is 4.50. The molecule has 2 N–H and O–H groups in total. The predicted octanol–water partition coefficient (Wildman–Crippen LogP) is 5.46. The lowest BCUT2D eigenvalue weighted by atomic mass is 10.0. The normalized spacial score (nSPS) is 16.0. The molecular weight excluding hydrogens is 506 g/mol. The van der Waals surface area contributed by atoms with Gasteiger partial charge in [-0.1, -0.05) is 30.3 Å². The van der Waals surface area contributed by atoms with Crippen LogP contribution in [0, 0.1) is 0 Å². The minimum absolute atomic E-state index is 0.0195. The maximum absolute atomic E-state index is 11.6. The monoisotopic (exact) mass is 530 g/mol. The van der Waals surface area contributed by atoms with Gasteiger partial charge in [-0.2, -0.15) is 0 Å². The maximum atomic E-state index is 11.6. The minimum atomic E-state index is -0.0195. The van der Waals surface area contributed by atoms with Crippen LogP contribution in [0.4, 0.5) is 0 Å². The first-order valence-corrected chi connectivity index (χ1v) is 14.5. The van der Waals surface area contributed by atoms with E-state index in [4.69, 9.17) is 0 Å². The molecule has 0 saturated heterocycles. The molecule has 1 aliphatic rings. The molecule has 0 amide bonds. The summed E-state index contributed by atoms with van der Waals surface area (Å²) in [5.41, 5.74) is 7.51. The molecule has 0 bridgehead atoms. The van der Waals surface area contributed by atoms with Crippen LogP contribution in [0.2, 0.25) is 0 Å². The molecule has 180 valence electrons. The summed E-state index contributed by atoms with van der Waals surface area (Å²) in [7, 11) is 2.24. The van der Waals surface area contributed by atoms with E-state index in [2.05, 4.69) is 64.1 Å². The molecule has 0 fully saturated rings. The van der Waals surface area contributed by atoms with Gasteiger partial charge in [0.15, 0.2) is 11.0 Å². The van der Waals surface area contributed by atoms with Gasteiger partial charge in [0.25, 0.3) is 0 Å². The van der Waals surface area contributed by atoms with Gasteiger partial charge in [0, 0.05) is 47.6 Å². The van der Waals surface area contributed by atoms with Crippen LogP contribution in [0.3, 0.4) is 0 Å². The van der Waals surface area contributed by atoms with Gasteiger partial charge >= 0.3 is 0 Å². The van der Waals surface area contributed by atoms with Gasteiger partial charge in [-0.3, -0.25) is 9.59 Å². The molecule has 0 saturated carbocycles. The molecule has 1 aliphatic heterocycles. The summed E-state index contributed by atoms with van der Waals surface area (Å²) in [4.78, 5) is 27.7. The molecule has 5 aromatic rings. The third-order valence-corrected chi connectivity index (χ3v) is 9.47. The molecule has 0 aliphatic carbocycles. The Bertz CT molecular complexity index is 1740. The molecule has 0 spiro atoms. The molecule has 36 heavy (non-hydrogen) atoms. The van der Waals surface area contributed by atoms with E-state index in [-0.39, 0.29) is 34.1 Å². The largest absolute Gasteiger partial charge is 0.366 e. The summed E-state index contributed by atoms with van der Waals surface area (Å²) in [5.74, 6) is -0.0195. The van der Waals surface area contributed by atoms with Crippen molar-refractivity contribution in [2.45, 2.75) is 19.8 Å². The van der Waals surface area contributed by atoms with Crippen molar-refractivity contribution in [3.05, 3.63) is 66.4 Å². The number of hydrogen-bond donors (Lipinski definition) is 2. The molecule has 3 atom stereocenters. The van der Waals surface area contributed by atoms with Crippen LogP contribution in [0.5, 0.6) is 0 Å². The van der Waals surface area contributed by atoms with Gasteiger partial charge < -0.3 is 15.2 Å². The number of nitrogens with zero attached hydrogens (tertiary/aromatic N) is 2. The highest BCUT2D eigenvalue weighted by molar-refractivity contribution is 7.64. The number of aromatic nitrogens is 2. The Labute approximate surface area is 215 Å². The van der Waals surface area contributed by atoms with E-state index in [1.807, 2.05) is 23.9 Å². The number of rotatable bonds is 6. The summed E-state index contributed by atoms with van der Waals surface area (Å²) in [6.45, 7) is 3.23. The quantitative estimate of drug-likeness (QED) is 0.285. The second-order valence-electron chi connectivity index (χ2n) is 8.91. The molecule has 6 nitrogen and oxygen atoms in total. The second-order valence-corrected chi connectivity index (χ2v) is 13.0. The lowest BCUT2D eigenvalue weighted by Crippen LogP contribution is -2.27. The van der Waals surface area contributed by atoms with Crippen molar-refractivity contribution in [3.63, 3.8) is 0 Å². The van der Waals surface area contributed by atoms with Crippen molar-refractivity contribution in [2.24, 2.45) is 7.05 Å². The highest BCUT2D eigenvalue weighted by Crippen LogP contribution is 2.38. The Kier molecular flexibility index (Phi) is 5.88. The Morgan fingerprint density at radius 2 is 1.58 bits per heavy atom. The molecule has 3 heterocycles. The molecule has 9 heteroatoms. The number of fused-ring (bicyclic) bond motifs is 4. The SMILES string of the molecule is CC(=O)Pc1nc2ccc(-c3ccc4c(c3)sc3cc(C5=CNC(PC(C)=O)N5)ccc34)cc2n1C. The highest BCUT2D eigenvalue weighted by Gasteiger charge is 2.18. The van der Waals surface area contributed by atoms with Crippen molar-refractivity contribution in [1.82, 2.24) is 20.2 Å². The smallest absolute Gasteiger partial charge is 0.156 e. The summed E-state index contributed by atoms with van der Waals surface area (Å²) in [5, 5.41) is 9.18. The number of aryl methyl sites for hydroxylation is 1. The first-order chi connectivity index (χ1) is 17.4. The van der Waals surface area contributed by atoms with Gasteiger partial charge in [0.2, 0.25) is 0 Å². The Morgan fingerprint density at radius 1 is 0.917 bits per heavy atom. The first kappa shape index (κ1) is 23.3. The Hall–Kier alpha value is -3.11. The van der Waals surface area contributed by atoms with Crippen LogP contribution >= 0.6 is 28.5 Å². The molecular formula is C27H24N4O2P2S. The van der Waals surface area contributed by atoms with Crippen molar-refractivity contribution in [3.8, 4) is 11.1 Å². The van der Waals surface area contributed by atoms with Gasteiger partial charge in [0.05, 0.1) is 16.7 Å². The second kappa shape index (κ2) is 9.08. The maximum Gasteiger partial charge on any atom is 0.156 e. The third kappa shape index (κ3) is 4.22. The van der Waals surface area contributed by atoms with Crippen molar-refractivity contribution in [2.75, 3.05) is 0 Å². The summed E-state index contributed by atoms with van der Waals surface area (Å²) in [6.07, 6.45) is 1.96. The first-order valence-electron chi connectivity index (χ1n) is 11.6. The molecule has 2 aromatic heterocycles. The molecule has 0 radical (unpaired) electrons. The number of carbonyl (C=O) groups excluding carboxylic acids is 2. The highest BCUT2D eigenvalue weighted by atomic mass is 32.1. The van der Waals surface area contributed by atoms with E-state index in [1.54, 1.807) is 25.2 Å². The Morgan fingerprint density at radius 3 is 2.31 bits per heavy atom. The lowest BCUT2D eigenvalue weighted by Gasteiger charge is -2.12. The zero-order valence-corrected chi connectivity index (χ0v) is 22.8. The van der Waals surface area contributed by atoms with Gasteiger partial charge in [-0.15, -0.1) is 11.3 Å². The zero-order valence-electron chi connectivity index (χ0n) is 20.0. The zero-order chi connectivity index (χ0) is 25.0. The van der Waals surface area contributed by atoms with E-state index in [0.717, 1.165) is 39.0 Å². The lowest BCUT2D eigenvalue weighted by molar-refractivity contribution is -0.110. The van der Waals surface area contributed by atoms with Crippen LogP contribution in [0.15, 0.2) is 60.8 Å². The fourth-order valence-corrected chi connectivity index (χ4v) is 7.38. The Balaban J connectivity index is 1.34. The molecule has 3 aromatic carbocycles. The topological polar surface area (TPSA) is 76.0 Å². The van der Waals surface area contributed by atoms with Crippen molar-refractivity contribution < 1.29 is 9.59 Å². The average Bonchev–Trinajstić information content (AvgIpc) is 3.53. The van der Waals surface area contributed by atoms with E-state index < -0.39 is 0 Å².